The van der Waals surface area contributed by atoms with E-state index in [1.54, 1.807) is 0 Å². The van der Waals surface area contributed by atoms with Crippen molar-refractivity contribution in [3.05, 3.63) is 24.3 Å². The quantitative estimate of drug-likeness (QED) is 0.0246. The third-order valence-electron chi connectivity index (χ3n) is 11.2. The van der Waals surface area contributed by atoms with Gasteiger partial charge in [0, 0.05) is 12.8 Å². The topological polar surface area (TPSA) is 231 Å². The van der Waals surface area contributed by atoms with Gasteiger partial charge in [-0.2, -0.15) is 0 Å². The van der Waals surface area contributed by atoms with Crippen LogP contribution in [-0.2, 0) is 38.0 Å². The van der Waals surface area contributed by atoms with Crippen molar-refractivity contribution in [2.24, 2.45) is 0 Å². The van der Waals surface area contributed by atoms with Crippen molar-refractivity contribution in [3.63, 3.8) is 0 Å². The minimum absolute atomic E-state index is 0.164. The van der Waals surface area contributed by atoms with Crippen molar-refractivity contribution in [1.82, 2.24) is 0 Å². The number of ether oxygens (including phenoxy) is 6. The first-order valence-corrected chi connectivity index (χ1v) is 23.4. The smallest absolute Gasteiger partial charge is 0.306 e. The van der Waals surface area contributed by atoms with Gasteiger partial charge in [-0.25, -0.2) is 0 Å². The van der Waals surface area contributed by atoms with E-state index < -0.39 is 92.7 Å². The average molecular weight is 875 g/mol. The first-order valence-electron chi connectivity index (χ1n) is 23.4. The summed E-state index contributed by atoms with van der Waals surface area (Å²) < 4.78 is 33.4. The molecule has 2 heterocycles. The van der Waals surface area contributed by atoms with Crippen molar-refractivity contribution in [2.75, 3.05) is 26.4 Å². The summed E-state index contributed by atoms with van der Waals surface area (Å²) in [6.45, 7) is 2.50. The molecule has 15 heteroatoms. The first kappa shape index (κ1) is 55.1. The molecule has 7 N–H and O–H groups in total. The van der Waals surface area contributed by atoms with E-state index in [9.17, 15) is 45.3 Å². The number of hydrogen-bond acceptors (Lipinski definition) is 15. The number of unbranched alkanes of at least 4 members (excludes halogenated alkanes) is 17. The number of aliphatic hydroxyl groups is 7. The summed E-state index contributed by atoms with van der Waals surface area (Å²) >= 11 is 0. The van der Waals surface area contributed by atoms with Gasteiger partial charge in [-0.3, -0.25) is 9.59 Å². The molecule has 11 atom stereocenters. The number of carbonyl (C=O) groups excluding carboxylic acids is 2. The molecule has 0 spiro atoms. The van der Waals surface area contributed by atoms with Crippen LogP contribution in [0.4, 0.5) is 0 Å². The number of carbonyl (C=O) groups is 2. The van der Waals surface area contributed by atoms with Gasteiger partial charge in [-0.15, -0.1) is 0 Å². The highest BCUT2D eigenvalue weighted by molar-refractivity contribution is 5.70. The van der Waals surface area contributed by atoms with Gasteiger partial charge in [0.25, 0.3) is 0 Å². The Morgan fingerprint density at radius 1 is 0.525 bits per heavy atom. The SMILES string of the molecule is CCCCC/C=C/C/C=C/CCCCCCCCCC(=O)OC[C@@H](CO[C@@H]1O[C@H](CO[C@@H]2O[C@H](CO)[C@H](O)C(O)C2O)[C@H](O)C(O)C1O)OC(=O)CCCCCCCCCC. The van der Waals surface area contributed by atoms with E-state index in [1.165, 1.54) is 64.2 Å². The van der Waals surface area contributed by atoms with Crippen LogP contribution >= 0.6 is 0 Å². The van der Waals surface area contributed by atoms with Gasteiger partial charge >= 0.3 is 11.9 Å². The number of allylic oxidation sites excluding steroid dienone is 4. The summed E-state index contributed by atoms with van der Waals surface area (Å²) in [5, 5.41) is 71.8. The van der Waals surface area contributed by atoms with Gasteiger partial charge in [-0.05, 0) is 44.9 Å². The van der Waals surface area contributed by atoms with Gasteiger partial charge in [0.1, 0.15) is 55.4 Å². The second-order valence-electron chi connectivity index (χ2n) is 16.6. The van der Waals surface area contributed by atoms with Crippen molar-refractivity contribution >= 4 is 11.9 Å². The van der Waals surface area contributed by atoms with E-state index in [0.717, 1.165) is 57.8 Å². The Balaban J connectivity index is 1.81. The first-order chi connectivity index (χ1) is 29.5. The fraction of sp³-hybridized carbons (Fsp3) is 0.870. The molecule has 2 saturated heterocycles. The van der Waals surface area contributed by atoms with Crippen LogP contribution in [0.1, 0.15) is 162 Å². The molecule has 15 nitrogen and oxygen atoms in total. The molecule has 0 aromatic heterocycles. The van der Waals surface area contributed by atoms with E-state index in [-0.39, 0.29) is 26.1 Å². The van der Waals surface area contributed by atoms with Crippen LogP contribution in [0.5, 0.6) is 0 Å². The maximum atomic E-state index is 12.9. The highest BCUT2D eigenvalue weighted by atomic mass is 16.7. The number of aliphatic hydroxyl groups excluding tert-OH is 7. The van der Waals surface area contributed by atoms with Crippen LogP contribution in [0.15, 0.2) is 24.3 Å². The van der Waals surface area contributed by atoms with E-state index in [0.29, 0.717) is 12.8 Å². The molecule has 2 aliphatic heterocycles. The lowest BCUT2D eigenvalue weighted by atomic mass is 9.98. The molecule has 0 aromatic rings. The predicted octanol–water partition coefficient (Wildman–Crippen LogP) is 5.21. The Bertz CT molecular complexity index is 1170. The standard InChI is InChI=1S/C46H82O15/c1-3-5-7-9-11-13-14-15-16-17-18-19-20-21-23-24-26-28-37(48)56-31-34(59-38(49)29-27-25-22-12-10-8-6-4-2)32-57-45-44(55)42(53)40(51)36(61-45)33-58-46-43(54)41(52)39(50)35(30-47)60-46/h11,13,15-16,34-36,39-47,50-55H,3-10,12,14,17-33H2,1-2H3/b13-11+,16-15+/t34-,35+,36+,39-,40-,41?,42?,43?,44?,45+,46+/m0/s1. The Morgan fingerprint density at radius 2 is 0.984 bits per heavy atom. The molecule has 2 fully saturated rings. The number of rotatable bonds is 35. The van der Waals surface area contributed by atoms with E-state index in [2.05, 4.69) is 38.2 Å². The van der Waals surface area contributed by atoms with Crippen LogP contribution in [-0.4, -0.2) is 142 Å². The molecule has 0 saturated carbocycles. The Hall–Kier alpha value is -2.02. The van der Waals surface area contributed by atoms with Crippen LogP contribution < -0.4 is 0 Å². The maximum absolute atomic E-state index is 12.9. The lowest BCUT2D eigenvalue weighted by Gasteiger charge is -2.42. The zero-order valence-electron chi connectivity index (χ0n) is 37.1. The fourth-order valence-electron chi connectivity index (χ4n) is 7.25. The third-order valence-corrected chi connectivity index (χ3v) is 11.2. The molecule has 2 rings (SSSR count). The van der Waals surface area contributed by atoms with Crippen LogP contribution in [0.3, 0.4) is 0 Å². The lowest BCUT2D eigenvalue weighted by Crippen LogP contribution is -2.61. The molecule has 61 heavy (non-hydrogen) atoms. The van der Waals surface area contributed by atoms with Crippen LogP contribution in [0.25, 0.3) is 0 Å². The highest BCUT2D eigenvalue weighted by Gasteiger charge is 2.47. The maximum Gasteiger partial charge on any atom is 0.306 e. The summed E-state index contributed by atoms with van der Waals surface area (Å²) in [6.07, 6.45) is 15.2. The minimum atomic E-state index is -1.76. The van der Waals surface area contributed by atoms with E-state index in [4.69, 9.17) is 28.4 Å². The van der Waals surface area contributed by atoms with Crippen molar-refractivity contribution < 1.29 is 73.8 Å². The molecule has 0 aliphatic carbocycles. The van der Waals surface area contributed by atoms with E-state index in [1.807, 2.05) is 0 Å². The fourth-order valence-corrected chi connectivity index (χ4v) is 7.25. The second kappa shape index (κ2) is 34.4. The molecule has 0 bridgehead atoms. The third kappa shape index (κ3) is 23.5. The minimum Gasteiger partial charge on any atom is -0.462 e. The zero-order valence-corrected chi connectivity index (χ0v) is 37.1. The number of esters is 2. The summed E-state index contributed by atoms with van der Waals surface area (Å²) in [5.74, 6) is -0.937. The lowest BCUT2D eigenvalue weighted by molar-refractivity contribution is -0.332. The molecule has 2 aliphatic rings. The molecular weight excluding hydrogens is 792 g/mol. The van der Waals surface area contributed by atoms with Crippen LogP contribution in [0.2, 0.25) is 0 Å². The van der Waals surface area contributed by atoms with Crippen molar-refractivity contribution in [2.45, 2.75) is 229 Å². The molecule has 0 radical (unpaired) electrons. The van der Waals surface area contributed by atoms with Gasteiger partial charge in [0.2, 0.25) is 0 Å². The summed E-state index contributed by atoms with van der Waals surface area (Å²) in [7, 11) is 0. The Morgan fingerprint density at radius 3 is 1.56 bits per heavy atom. The van der Waals surface area contributed by atoms with Crippen LogP contribution in [0, 0.1) is 0 Å². The molecule has 356 valence electrons. The molecule has 0 aromatic carbocycles. The molecule has 4 unspecified atom stereocenters. The summed E-state index contributed by atoms with van der Waals surface area (Å²) in [6, 6.07) is 0. The normalized spacial score (nSPS) is 27.5. The van der Waals surface area contributed by atoms with Gasteiger partial charge in [0.15, 0.2) is 18.7 Å². The predicted molar refractivity (Wildman–Crippen MR) is 229 cm³/mol. The van der Waals surface area contributed by atoms with Crippen molar-refractivity contribution in [3.8, 4) is 0 Å². The van der Waals surface area contributed by atoms with Crippen molar-refractivity contribution in [1.29, 1.82) is 0 Å². The zero-order chi connectivity index (χ0) is 44.7. The Labute approximate surface area is 364 Å². The Kier molecular flexibility index (Phi) is 31.1. The monoisotopic (exact) mass is 875 g/mol. The van der Waals surface area contributed by atoms with E-state index >= 15 is 0 Å². The summed E-state index contributed by atoms with van der Waals surface area (Å²) in [5.41, 5.74) is 0. The number of hydrogen-bond donors (Lipinski definition) is 7. The summed E-state index contributed by atoms with van der Waals surface area (Å²) in [4.78, 5) is 25.5. The molecule has 0 amide bonds. The highest BCUT2D eigenvalue weighted by Crippen LogP contribution is 2.26. The molecular formula is C46H82O15. The van der Waals surface area contributed by atoms with Gasteiger partial charge in [-0.1, -0.05) is 128 Å². The largest absolute Gasteiger partial charge is 0.462 e. The van der Waals surface area contributed by atoms with Gasteiger partial charge < -0.3 is 64.2 Å². The second-order valence-corrected chi connectivity index (χ2v) is 16.6. The van der Waals surface area contributed by atoms with Gasteiger partial charge in [0.05, 0.1) is 19.8 Å². The average Bonchev–Trinajstić information content (AvgIpc) is 3.25.